The first-order valence-electron chi connectivity index (χ1n) is 5.44. The number of hydrogen-bond donors (Lipinski definition) is 1. The van der Waals surface area contributed by atoms with E-state index in [1.807, 2.05) is 25.1 Å². The van der Waals surface area contributed by atoms with Crippen LogP contribution in [-0.4, -0.2) is 22.1 Å². The molecule has 1 N–H and O–H groups in total. The van der Waals surface area contributed by atoms with Crippen molar-refractivity contribution in [3.05, 3.63) is 41.3 Å². The van der Waals surface area contributed by atoms with Crippen molar-refractivity contribution in [1.29, 1.82) is 0 Å². The van der Waals surface area contributed by atoms with Crippen molar-refractivity contribution in [2.45, 2.75) is 13.0 Å². The van der Waals surface area contributed by atoms with Gasteiger partial charge in [0.2, 0.25) is 0 Å². The molecule has 0 spiro atoms. The molecule has 2 aromatic heterocycles. The Balaban J connectivity index is 2.18. The Kier molecular flexibility index (Phi) is 3.94. The number of methoxy groups -OCH3 is 1. The molecular formula is C12H13ClN4O. The summed E-state index contributed by atoms with van der Waals surface area (Å²) in [6.07, 6.45) is 3.25. The van der Waals surface area contributed by atoms with Crippen molar-refractivity contribution in [1.82, 2.24) is 15.0 Å². The highest BCUT2D eigenvalue weighted by Gasteiger charge is 2.11. The van der Waals surface area contributed by atoms with Crippen LogP contribution in [-0.2, 0) is 0 Å². The number of anilines is 1. The molecule has 6 heteroatoms. The molecule has 1 unspecified atom stereocenters. The number of ether oxygens (including phenoxy) is 1. The fraction of sp³-hybridized carbons (Fsp3) is 0.250. The molecule has 0 amide bonds. The van der Waals surface area contributed by atoms with Gasteiger partial charge in [0.1, 0.15) is 5.02 Å². The summed E-state index contributed by atoms with van der Waals surface area (Å²) in [5.74, 6) is 0.529. The standard InChI is InChI=1S/C12H13ClN4O/c1-8(10-5-3-4-6-14-10)16-11-9(13)7-15-12(17-11)18-2/h3-8H,1-2H3,(H,15,16,17). The van der Waals surface area contributed by atoms with Crippen LogP contribution in [0.4, 0.5) is 5.82 Å². The Labute approximate surface area is 110 Å². The van der Waals surface area contributed by atoms with E-state index >= 15 is 0 Å². The monoisotopic (exact) mass is 264 g/mol. The maximum Gasteiger partial charge on any atom is 0.318 e. The lowest BCUT2D eigenvalue weighted by Crippen LogP contribution is -2.10. The predicted molar refractivity (Wildman–Crippen MR) is 69.9 cm³/mol. The first-order chi connectivity index (χ1) is 8.70. The Bertz CT molecular complexity index is 521. The minimum atomic E-state index is -0.0108. The molecule has 0 fully saturated rings. The van der Waals surface area contributed by atoms with E-state index in [0.29, 0.717) is 10.8 Å². The van der Waals surface area contributed by atoms with Gasteiger partial charge in [-0.25, -0.2) is 4.98 Å². The fourth-order valence-electron chi connectivity index (χ4n) is 1.46. The summed E-state index contributed by atoms with van der Waals surface area (Å²) >= 11 is 6.02. The lowest BCUT2D eigenvalue weighted by atomic mass is 10.2. The zero-order valence-electron chi connectivity index (χ0n) is 10.1. The van der Waals surface area contributed by atoms with Crippen LogP contribution in [0.25, 0.3) is 0 Å². The first-order valence-corrected chi connectivity index (χ1v) is 5.82. The van der Waals surface area contributed by atoms with E-state index in [9.17, 15) is 0 Å². The zero-order chi connectivity index (χ0) is 13.0. The highest BCUT2D eigenvalue weighted by Crippen LogP contribution is 2.24. The maximum absolute atomic E-state index is 6.02. The molecule has 18 heavy (non-hydrogen) atoms. The van der Waals surface area contributed by atoms with E-state index in [1.165, 1.54) is 13.3 Å². The van der Waals surface area contributed by atoms with Crippen LogP contribution in [0.5, 0.6) is 6.01 Å². The van der Waals surface area contributed by atoms with Gasteiger partial charge in [-0.2, -0.15) is 4.98 Å². The van der Waals surface area contributed by atoms with Crippen molar-refractivity contribution in [2.24, 2.45) is 0 Å². The summed E-state index contributed by atoms with van der Waals surface area (Å²) in [6.45, 7) is 1.98. The Hall–Kier alpha value is -1.88. The molecule has 2 aromatic rings. The molecule has 2 rings (SSSR count). The Morgan fingerprint density at radius 2 is 2.17 bits per heavy atom. The number of nitrogens with zero attached hydrogens (tertiary/aromatic N) is 3. The lowest BCUT2D eigenvalue weighted by molar-refractivity contribution is 0.380. The number of aromatic nitrogens is 3. The number of rotatable bonds is 4. The second-order valence-corrected chi connectivity index (χ2v) is 4.08. The summed E-state index contributed by atoms with van der Waals surface area (Å²) in [5.41, 5.74) is 0.908. The van der Waals surface area contributed by atoms with Gasteiger partial charge in [0.05, 0.1) is 25.0 Å². The molecule has 5 nitrogen and oxygen atoms in total. The maximum atomic E-state index is 6.02. The number of nitrogens with one attached hydrogen (secondary N) is 1. The largest absolute Gasteiger partial charge is 0.467 e. The normalized spacial score (nSPS) is 11.9. The van der Waals surface area contributed by atoms with Crippen LogP contribution >= 0.6 is 11.6 Å². The van der Waals surface area contributed by atoms with Gasteiger partial charge in [-0.15, -0.1) is 0 Å². The zero-order valence-corrected chi connectivity index (χ0v) is 10.8. The number of pyridine rings is 1. The van der Waals surface area contributed by atoms with Crippen molar-refractivity contribution in [3.63, 3.8) is 0 Å². The summed E-state index contributed by atoms with van der Waals surface area (Å²) in [6, 6.07) is 6.00. The third-order valence-electron chi connectivity index (χ3n) is 2.39. The molecule has 94 valence electrons. The van der Waals surface area contributed by atoms with E-state index in [1.54, 1.807) is 6.20 Å². The third-order valence-corrected chi connectivity index (χ3v) is 2.67. The molecule has 0 aromatic carbocycles. The molecule has 0 aliphatic rings. The SMILES string of the molecule is COc1ncc(Cl)c(NC(C)c2ccccn2)n1. The van der Waals surface area contributed by atoms with Crippen LogP contribution in [0.3, 0.4) is 0 Å². The molecule has 0 saturated carbocycles. The molecule has 0 saturated heterocycles. The molecule has 1 atom stereocenters. The van der Waals surface area contributed by atoms with Crippen molar-refractivity contribution < 1.29 is 4.74 Å². The van der Waals surface area contributed by atoms with E-state index in [0.717, 1.165) is 5.69 Å². The molecule has 0 bridgehead atoms. The minimum absolute atomic E-state index is 0.0108. The Morgan fingerprint density at radius 1 is 1.33 bits per heavy atom. The summed E-state index contributed by atoms with van der Waals surface area (Å²) < 4.78 is 4.96. The second-order valence-electron chi connectivity index (χ2n) is 3.67. The average molecular weight is 265 g/mol. The molecule has 0 radical (unpaired) electrons. The topological polar surface area (TPSA) is 59.9 Å². The van der Waals surface area contributed by atoms with Crippen LogP contribution in [0.15, 0.2) is 30.6 Å². The molecule has 0 aliphatic heterocycles. The van der Waals surface area contributed by atoms with Gasteiger partial charge in [-0.05, 0) is 19.1 Å². The van der Waals surface area contributed by atoms with E-state index in [2.05, 4.69) is 20.3 Å². The van der Waals surface area contributed by atoms with E-state index in [4.69, 9.17) is 16.3 Å². The lowest BCUT2D eigenvalue weighted by Gasteiger charge is -2.14. The first kappa shape index (κ1) is 12.6. The number of halogens is 1. The summed E-state index contributed by atoms with van der Waals surface area (Å²) in [4.78, 5) is 12.3. The average Bonchev–Trinajstić information content (AvgIpc) is 2.42. The van der Waals surface area contributed by atoms with Crippen LogP contribution < -0.4 is 10.1 Å². The van der Waals surface area contributed by atoms with Crippen molar-refractivity contribution >= 4 is 17.4 Å². The van der Waals surface area contributed by atoms with Gasteiger partial charge in [0.25, 0.3) is 0 Å². The quantitative estimate of drug-likeness (QED) is 0.920. The number of hydrogen-bond acceptors (Lipinski definition) is 5. The van der Waals surface area contributed by atoms with E-state index in [-0.39, 0.29) is 12.1 Å². The van der Waals surface area contributed by atoms with Crippen molar-refractivity contribution in [3.8, 4) is 6.01 Å². The summed E-state index contributed by atoms with van der Waals surface area (Å²) in [5, 5.41) is 3.62. The van der Waals surface area contributed by atoms with Gasteiger partial charge in [-0.1, -0.05) is 17.7 Å². The Morgan fingerprint density at radius 3 is 2.83 bits per heavy atom. The molecular weight excluding hydrogens is 252 g/mol. The fourth-order valence-corrected chi connectivity index (χ4v) is 1.61. The van der Waals surface area contributed by atoms with Gasteiger partial charge in [-0.3, -0.25) is 4.98 Å². The van der Waals surface area contributed by atoms with Crippen LogP contribution in [0, 0.1) is 0 Å². The third kappa shape index (κ3) is 2.87. The van der Waals surface area contributed by atoms with Crippen LogP contribution in [0.1, 0.15) is 18.7 Å². The molecule has 0 aliphatic carbocycles. The highest BCUT2D eigenvalue weighted by atomic mass is 35.5. The smallest absolute Gasteiger partial charge is 0.318 e. The van der Waals surface area contributed by atoms with Gasteiger partial charge < -0.3 is 10.1 Å². The van der Waals surface area contributed by atoms with Gasteiger partial charge in [0.15, 0.2) is 5.82 Å². The van der Waals surface area contributed by atoms with E-state index < -0.39 is 0 Å². The highest BCUT2D eigenvalue weighted by molar-refractivity contribution is 6.32. The minimum Gasteiger partial charge on any atom is -0.467 e. The molecule has 2 heterocycles. The van der Waals surface area contributed by atoms with Gasteiger partial charge >= 0.3 is 6.01 Å². The second kappa shape index (κ2) is 5.64. The van der Waals surface area contributed by atoms with Gasteiger partial charge in [0, 0.05) is 6.20 Å². The summed E-state index contributed by atoms with van der Waals surface area (Å²) in [7, 11) is 1.51. The van der Waals surface area contributed by atoms with Crippen LogP contribution in [0.2, 0.25) is 5.02 Å². The predicted octanol–water partition coefficient (Wildman–Crippen LogP) is 2.71. The van der Waals surface area contributed by atoms with Crippen molar-refractivity contribution in [2.75, 3.05) is 12.4 Å².